The van der Waals surface area contributed by atoms with E-state index in [9.17, 15) is 4.79 Å². The summed E-state index contributed by atoms with van der Waals surface area (Å²) >= 11 is 1.60. The van der Waals surface area contributed by atoms with E-state index in [0.717, 1.165) is 30.6 Å². The first-order valence-electron chi connectivity index (χ1n) is 4.94. The molecule has 1 aliphatic heterocycles. The molecule has 0 spiro atoms. The van der Waals surface area contributed by atoms with Gasteiger partial charge in [-0.25, -0.2) is 0 Å². The van der Waals surface area contributed by atoms with Crippen LogP contribution in [-0.4, -0.2) is 19.0 Å². The van der Waals surface area contributed by atoms with Crippen molar-refractivity contribution in [1.29, 1.82) is 0 Å². The van der Waals surface area contributed by atoms with Crippen LogP contribution in [0.15, 0.2) is 10.8 Å². The van der Waals surface area contributed by atoms with E-state index in [1.165, 1.54) is 0 Å². The summed E-state index contributed by atoms with van der Waals surface area (Å²) in [6, 6.07) is 0. The Morgan fingerprint density at radius 1 is 1.57 bits per heavy atom. The van der Waals surface area contributed by atoms with Gasteiger partial charge >= 0.3 is 0 Å². The van der Waals surface area contributed by atoms with Gasteiger partial charge in [-0.05, 0) is 30.7 Å². The number of Topliss-reactive ketones (excluding diaryl/α,β-unsaturated/α-hetero) is 1. The molecular formula is C11H14O2S. The maximum atomic E-state index is 12.0. The Bertz CT molecular complexity index is 324. The molecule has 0 amide bonds. The summed E-state index contributed by atoms with van der Waals surface area (Å²) in [5.41, 5.74) is 2.00. The fraction of sp³-hybridized carbons (Fsp3) is 0.545. The molecule has 76 valence electrons. The van der Waals surface area contributed by atoms with Crippen molar-refractivity contribution in [2.24, 2.45) is 5.92 Å². The highest BCUT2D eigenvalue weighted by Gasteiger charge is 2.24. The fourth-order valence-corrected chi connectivity index (χ4v) is 2.62. The van der Waals surface area contributed by atoms with Crippen LogP contribution in [0.3, 0.4) is 0 Å². The number of hydrogen-bond donors (Lipinski definition) is 0. The van der Waals surface area contributed by atoms with Crippen molar-refractivity contribution in [1.82, 2.24) is 0 Å². The zero-order chi connectivity index (χ0) is 9.97. The average Bonchev–Trinajstić information content (AvgIpc) is 2.65. The molecule has 1 unspecified atom stereocenters. The van der Waals surface area contributed by atoms with Crippen molar-refractivity contribution in [2.45, 2.75) is 19.8 Å². The molecule has 1 fully saturated rings. The Kier molecular flexibility index (Phi) is 2.99. The fourth-order valence-electron chi connectivity index (χ4n) is 1.78. The van der Waals surface area contributed by atoms with Gasteiger partial charge in [0.25, 0.3) is 0 Å². The van der Waals surface area contributed by atoms with E-state index in [-0.39, 0.29) is 11.7 Å². The lowest BCUT2D eigenvalue weighted by Crippen LogP contribution is -2.25. The lowest BCUT2D eigenvalue weighted by molar-refractivity contribution is 0.0461. The van der Waals surface area contributed by atoms with Gasteiger partial charge in [-0.15, -0.1) is 0 Å². The van der Waals surface area contributed by atoms with Crippen LogP contribution in [-0.2, 0) is 4.74 Å². The monoisotopic (exact) mass is 210 g/mol. The molecule has 0 N–H and O–H groups in total. The summed E-state index contributed by atoms with van der Waals surface area (Å²) < 4.78 is 5.32. The van der Waals surface area contributed by atoms with Crippen LogP contribution in [0.4, 0.5) is 0 Å². The predicted molar refractivity (Wildman–Crippen MR) is 56.9 cm³/mol. The molecule has 1 aromatic rings. The van der Waals surface area contributed by atoms with E-state index < -0.39 is 0 Å². The third-order valence-corrected chi connectivity index (χ3v) is 3.51. The molecule has 0 aliphatic carbocycles. The molecule has 14 heavy (non-hydrogen) atoms. The van der Waals surface area contributed by atoms with Gasteiger partial charge in [0.15, 0.2) is 5.78 Å². The second-order valence-corrected chi connectivity index (χ2v) is 4.49. The van der Waals surface area contributed by atoms with Crippen molar-refractivity contribution >= 4 is 17.1 Å². The molecule has 0 aromatic carbocycles. The lowest BCUT2D eigenvalue weighted by Gasteiger charge is -2.20. The van der Waals surface area contributed by atoms with E-state index in [1.807, 2.05) is 17.7 Å². The molecule has 0 bridgehead atoms. The summed E-state index contributed by atoms with van der Waals surface area (Å²) in [5, 5.41) is 3.98. The minimum Gasteiger partial charge on any atom is -0.381 e. The zero-order valence-corrected chi connectivity index (χ0v) is 9.10. The summed E-state index contributed by atoms with van der Waals surface area (Å²) in [5.74, 6) is 0.362. The van der Waals surface area contributed by atoms with Crippen LogP contribution >= 0.6 is 11.3 Å². The number of rotatable bonds is 2. The molecule has 2 heterocycles. The standard InChI is InChI=1S/C11H14O2S/c1-8-6-14-7-10(8)11(12)9-3-2-4-13-5-9/h6-7,9H,2-5H2,1H3. The van der Waals surface area contributed by atoms with Gasteiger partial charge in [-0.3, -0.25) is 4.79 Å². The quantitative estimate of drug-likeness (QED) is 0.701. The Morgan fingerprint density at radius 3 is 3.00 bits per heavy atom. The van der Waals surface area contributed by atoms with Crippen LogP contribution in [0.2, 0.25) is 0 Å². The lowest BCUT2D eigenvalue weighted by atomic mass is 9.93. The highest BCUT2D eigenvalue weighted by molar-refractivity contribution is 7.08. The maximum Gasteiger partial charge on any atom is 0.169 e. The van der Waals surface area contributed by atoms with Crippen molar-refractivity contribution in [2.75, 3.05) is 13.2 Å². The van der Waals surface area contributed by atoms with Crippen molar-refractivity contribution in [3.8, 4) is 0 Å². The first-order valence-corrected chi connectivity index (χ1v) is 5.88. The molecular weight excluding hydrogens is 196 g/mol. The van der Waals surface area contributed by atoms with Crippen molar-refractivity contribution in [3.05, 3.63) is 21.9 Å². The van der Waals surface area contributed by atoms with Gasteiger partial charge in [-0.1, -0.05) is 0 Å². The number of hydrogen-bond acceptors (Lipinski definition) is 3. The number of thiophene rings is 1. The molecule has 1 atom stereocenters. The largest absolute Gasteiger partial charge is 0.381 e. The second-order valence-electron chi connectivity index (χ2n) is 3.75. The van der Waals surface area contributed by atoms with Crippen molar-refractivity contribution in [3.63, 3.8) is 0 Å². The Labute approximate surface area is 87.9 Å². The number of ketones is 1. The SMILES string of the molecule is Cc1cscc1C(=O)C1CCCOC1. The average molecular weight is 210 g/mol. The normalized spacial score (nSPS) is 22.2. The maximum absolute atomic E-state index is 12.0. The molecule has 1 saturated heterocycles. The van der Waals surface area contributed by atoms with Gasteiger partial charge in [-0.2, -0.15) is 11.3 Å². The van der Waals surface area contributed by atoms with Crippen LogP contribution in [0.25, 0.3) is 0 Å². The first-order chi connectivity index (χ1) is 6.79. The van der Waals surface area contributed by atoms with Crippen LogP contribution < -0.4 is 0 Å². The Hall–Kier alpha value is -0.670. The minimum atomic E-state index is 0.0945. The molecule has 0 saturated carbocycles. The summed E-state index contributed by atoms with van der Waals surface area (Å²) in [6.07, 6.45) is 1.99. The first kappa shape index (κ1) is 9.87. The summed E-state index contributed by atoms with van der Waals surface area (Å²) in [4.78, 5) is 12.0. The number of ether oxygens (including phenoxy) is 1. The topological polar surface area (TPSA) is 26.3 Å². The number of aryl methyl sites for hydroxylation is 1. The van der Waals surface area contributed by atoms with E-state index in [0.29, 0.717) is 6.61 Å². The van der Waals surface area contributed by atoms with Gasteiger partial charge in [0.05, 0.1) is 6.61 Å². The van der Waals surface area contributed by atoms with E-state index in [1.54, 1.807) is 11.3 Å². The van der Waals surface area contributed by atoms with E-state index in [4.69, 9.17) is 4.74 Å². The molecule has 2 nitrogen and oxygen atoms in total. The minimum absolute atomic E-state index is 0.0945. The predicted octanol–water partition coefficient (Wildman–Crippen LogP) is 2.67. The molecule has 0 radical (unpaired) electrons. The zero-order valence-electron chi connectivity index (χ0n) is 8.29. The second kappa shape index (κ2) is 4.24. The van der Waals surface area contributed by atoms with Crippen LogP contribution in [0, 0.1) is 12.8 Å². The summed E-state index contributed by atoms with van der Waals surface area (Å²) in [7, 11) is 0. The van der Waals surface area contributed by atoms with Gasteiger partial charge in [0, 0.05) is 23.5 Å². The highest BCUT2D eigenvalue weighted by atomic mass is 32.1. The van der Waals surface area contributed by atoms with Gasteiger partial charge < -0.3 is 4.74 Å². The highest BCUT2D eigenvalue weighted by Crippen LogP contribution is 2.22. The van der Waals surface area contributed by atoms with Gasteiger partial charge in [0.2, 0.25) is 0 Å². The third kappa shape index (κ3) is 1.88. The number of carbonyl (C=O) groups excluding carboxylic acids is 1. The Balaban J connectivity index is 2.11. The molecule has 1 aromatic heterocycles. The molecule has 3 heteroatoms. The summed E-state index contributed by atoms with van der Waals surface area (Å²) in [6.45, 7) is 3.41. The third-order valence-electron chi connectivity index (χ3n) is 2.65. The molecule has 2 rings (SSSR count). The van der Waals surface area contributed by atoms with Gasteiger partial charge in [0.1, 0.15) is 0 Å². The van der Waals surface area contributed by atoms with Crippen LogP contribution in [0.1, 0.15) is 28.8 Å². The molecule has 1 aliphatic rings. The van der Waals surface area contributed by atoms with E-state index >= 15 is 0 Å². The Morgan fingerprint density at radius 2 is 2.43 bits per heavy atom. The van der Waals surface area contributed by atoms with E-state index in [2.05, 4.69) is 0 Å². The van der Waals surface area contributed by atoms with Crippen molar-refractivity contribution < 1.29 is 9.53 Å². The van der Waals surface area contributed by atoms with Crippen LogP contribution in [0.5, 0.6) is 0 Å². The number of carbonyl (C=O) groups is 1. The smallest absolute Gasteiger partial charge is 0.169 e.